The number of nitrogens with one attached hydrogen (secondary N) is 1. The first-order valence-electron chi connectivity index (χ1n) is 8.71. The minimum atomic E-state index is 0.184. The van der Waals surface area contributed by atoms with Crippen molar-refractivity contribution >= 4 is 0 Å². The lowest BCUT2D eigenvalue weighted by molar-refractivity contribution is -0.115. The molecular weight excluding hydrogens is 234 g/mol. The standard InChI is InChI=1S/C17H31NO/c1-2-14-9-11-17(12-10-14,13-18-15-7-8-15)19-16-5-3-4-6-16/h14-16,18H,2-13H2,1H3. The number of hydrogen-bond donors (Lipinski definition) is 1. The van der Waals surface area contributed by atoms with Crippen molar-refractivity contribution in [1.82, 2.24) is 5.32 Å². The molecule has 2 nitrogen and oxygen atoms in total. The van der Waals surface area contributed by atoms with Crippen LogP contribution in [0.4, 0.5) is 0 Å². The van der Waals surface area contributed by atoms with E-state index in [0.29, 0.717) is 6.10 Å². The minimum absolute atomic E-state index is 0.184. The van der Waals surface area contributed by atoms with E-state index in [0.717, 1.165) is 18.5 Å². The van der Waals surface area contributed by atoms with Gasteiger partial charge in [-0.1, -0.05) is 26.2 Å². The predicted octanol–water partition coefficient (Wildman–Crippen LogP) is 4.04. The Morgan fingerprint density at radius 3 is 2.26 bits per heavy atom. The second-order valence-corrected chi connectivity index (χ2v) is 7.21. The molecule has 0 amide bonds. The lowest BCUT2D eigenvalue weighted by atomic mass is 9.77. The van der Waals surface area contributed by atoms with Crippen LogP contribution in [0.5, 0.6) is 0 Å². The zero-order chi connectivity index (χ0) is 13.1. The third-order valence-electron chi connectivity index (χ3n) is 5.60. The highest BCUT2D eigenvalue weighted by atomic mass is 16.5. The molecule has 3 aliphatic carbocycles. The molecule has 2 heteroatoms. The van der Waals surface area contributed by atoms with E-state index in [1.807, 2.05) is 0 Å². The van der Waals surface area contributed by atoms with Crippen LogP contribution in [0, 0.1) is 5.92 Å². The first-order valence-corrected chi connectivity index (χ1v) is 8.71. The number of hydrogen-bond acceptors (Lipinski definition) is 2. The zero-order valence-corrected chi connectivity index (χ0v) is 12.6. The molecule has 0 radical (unpaired) electrons. The van der Waals surface area contributed by atoms with Gasteiger partial charge in [-0.25, -0.2) is 0 Å². The molecule has 0 aromatic rings. The summed E-state index contributed by atoms with van der Waals surface area (Å²) in [6.45, 7) is 3.46. The highest BCUT2D eigenvalue weighted by Crippen LogP contribution is 2.39. The Bertz CT molecular complexity index is 273. The molecule has 0 saturated heterocycles. The van der Waals surface area contributed by atoms with Crippen LogP contribution in [0.25, 0.3) is 0 Å². The van der Waals surface area contributed by atoms with Crippen molar-refractivity contribution in [3.05, 3.63) is 0 Å². The molecule has 19 heavy (non-hydrogen) atoms. The van der Waals surface area contributed by atoms with Gasteiger partial charge in [-0.3, -0.25) is 0 Å². The van der Waals surface area contributed by atoms with Gasteiger partial charge in [-0.15, -0.1) is 0 Å². The van der Waals surface area contributed by atoms with Gasteiger partial charge in [-0.05, 0) is 57.3 Å². The van der Waals surface area contributed by atoms with E-state index < -0.39 is 0 Å². The molecule has 3 saturated carbocycles. The summed E-state index contributed by atoms with van der Waals surface area (Å²) >= 11 is 0. The maximum atomic E-state index is 6.65. The molecule has 0 spiro atoms. The number of ether oxygens (including phenoxy) is 1. The van der Waals surface area contributed by atoms with E-state index in [4.69, 9.17) is 4.74 Å². The largest absolute Gasteiger partial charge is 0.370 e. The Balaban J connectivity index is 1.56. The molecule has 0 aromatic carbocycles. The molecular formula is C17H31NO. The summed E-state index contributed by atoms with van der Waals surface area (Å²) in [6.07, 6.45) is 15.4. The summed E-state index contributed by atoms with van der Waals surface area (Å²) < 4.78 is 6.65. The van der Waals surface area contributed by atoms with Gasteiger partial charge in [0.1, 0.15) is 0 Å². The first-order chi connectivity index (χ1) is 9.30. The fraction of sp³-hybridized carbons (Fsp3) is 1.00. The molecule has 3 rings (SSSR count). The van der Waals surface area contributed by atoms with E-state index in [1.54, 1.807) is 0 Å². The highest BCUT2D eigenvalue weighted by Gasteiger charge is 2.39. The van der Waals surface area contributed by atoms with Crippen LogP contribution in [-0.4, -0.2) is 24.3 Å². The maximum absolute atomic E-state index is 6.65. The quantitative estimate of drug-likeness (QED) is 0.782. The average molecular weight is 265 g/mol. The molecule has 110 valence electrons. The van der Waals surface area contributed by atoms with E-state index in [-0.39, 0.29) is 5.60 Å². The van der Waals surface area contributed by atoms with Gasteiger partial charge in [-0.2, -0.15) is 0 Å². The van der Waals surface area contributed by atoms with Gasteiger partial charge in [0.15, 0.2) is 0 Å². The van der Waals surface area contributed by atoms with Gasteiger partial charge >= 0.3 is 0 Å². The SMILES string of the molecule is CCC1CCC(CNC2CC2)(OC2CCCC2)CC1. The Morgan fingerprint density at radius 2 is 1.68 bits per heavy atom. The maximum Gasteiger partial charge on any atom is 0.0810 e. The van der Waals surface area contributed by atoms with Crippen LogP contribution in [0.15, 0.2) is 0 Å². The fourth-order valence-corrected chi connectivity index (χ4v) is 3.93. The van der Waals surface area contributed by atoms with Crippen molar-refractivity contribution in [3.8, 4) is 0 Å². The van der Waals surface area contributed by atoms with Crippen molar-refractivity contribution in [3.63, 3.8) is 0 Å². The lowest BCUT2D eigenvalue weighted by Gasteiger charge is -2.42. The van der Waals surface area contributed by atoms with Crippen molar-refractivity contribution in [2.24, 2.45) is 5.92 Å². The van der Waals surface area contributed by atoms with Crippen LogP contribution in [0.2, 0.25) is 0 Å². The minimum Gasteiger partial charge on any atom is -0.370 e. The molecule has 0 aliphatic heterocycles. The summed E-state index contributed by atoms with van der Waals surface area (Å²) in [5.41, 5.74) is 0.184. The third-order valence-corrected chi connectivity index (χ3v) is 5.60. The highest BCUT2D eigenvalue weighted by molar-refractivity contribution is 4.93. The van der Waals surface area contributed by atoms with Gasteiger partial charge in [0.25, 0.3) is 0 Å². The van der Waals surface area contributed by atoms with E-state index in [1.165, 1.54) is 70.6 Å². The molecule has 0 heterocycles. The van der Waals surface area contributed by atoms with Crippen LogP contribution < -0.4 is 5.32 Å². The Labute approximate surface area is 118 Å². The Hall–Kier alpha value is -0.0800. The summed E-state index contributed by atoms with van der Waals surface area (Å²) in [5.74, 6) is 0.959. The smallest absolute Gasteiger partial charge is 0.0810 e. The van der Waals surface area contributed by atoms with E-state index in [9.17, 15) is 0 Å². The summed E-state index contributed by atoms with van der Waals surface area (Å²) in [4.78, 5) is 0. The van der Waals surface area contributed by atoms with Gasteiger partial charge in [0.2, 0.25) is 0 Å². The van der Waals surface area contributed by atoms with Crippen molar-refractivity contribution in [1.29, 1.82) is 0 Å². The average Bonchev–Trinajstić information content (AvgIpc) is 3.15. The predicted molar refractivity (Wildman–Crippen MR) is 79.3 cm³/mol. The summed E-state index contributed by atoms with van der Waals surface area (Å²) in [5, 5.41) is 3.75. The molecule has 0 aromatic heterocycles. The first kappa shape index (κ1) is 13.9. The topological polar surface area (TPSA) is 21.3 Å². The molecule has 3 fully saturated rings. The van der Waals surface area contributed by atoms with Crippen molar-refractivity contribution < 1.29 is 4.74 Å². The van der Waals surface area contributed by atoms with Gasteiger partial charge in [0.05, 0.1) is 11.7 Å². The van der Waals surface area contributed by atoms with Crippen LogP contribution in [0.1, 0.15) is 77.6 Å². The molecule has 1 N–H and O–H groups in total. The van der Waals surface area contributed by atoms with Crippen molar-refractivity contribution in [2.75, 3.05) is 6.54 Å². The monoisotopic (exact) mass is 265 g/mol. The van der Waals surface area contributed by atoms with Crippen LogP contribution in [0.3, 0.4) is 0 Å². The van der Waals surface area contributed by atoms with E-state index in [2.05, 4.69) is 12.2 Å². The van der Waals surface area contributed by atoms with Crippen molar-refractivity contribution in [2.45, 2.75) is 95.3 Å². The zero-order valence-electron chi connectivity index (χ0n) is 12.6. The van der Waals surface area contributed by atoms with Gasteiger partial charge < -0.3 is 10.1 Å². The summed E-state index contributed by atoms with van der Waals surface area (Å²) in [7, 11) is 0. The molecule has 0 unspecified atom stereocenters. The second kappa shape index (κ2) is 6.13. The fourth-order valence-electron chi connectivity index (χ4n) is 3.93. The number of rotatable bonds is 6. The normalized spacial score (nSPS) is 36.8. The molecule has 3 aliphatic rings. The van der Waals surface area contributed by atoms with Crippen LogP contribution >= 0.6 is 0 Å². The Kier molecular flexibility index (Phi) is 4.48. The lowest BCUT2D eigenvalue weighted by Crippen LogP contribution is -2.48. The molecule has 0 atom stereocenters. The van der Waals surface area contributed by atoms with Crippen LogP contribution in [-0.2, 0) is 4.74 Å². The molecule has 0 bridgehead atoms. The Morgan fingerprint density at radius 1 is 1.00 bits per heavy atom. The summed E-state index contributed by atoms with van der Waals surface area (Å²) in [6, 6.07) is 0.813. The third kappa shape index (κ3) is 3.72. The second-order valence-electron chi connectivity index (χ2n) is 7.21. The van der Waals surface area contributed by atoms with E-state index >= 15 is 0 Å². The van der Waals surface area contributed by atoms with Gasteiger partial charge in [0, 0.05) is 12.6 Å².